The molecular formula is C24H24N6O. The van der Waals surface area contributed by atoms with Crippen molar-refractivity contribution in [1.29, 1.82) is 0 Å². The molecular weight excluding hydrogens is 388 g/mol. The average Bonchev–Trinajstić information content (AvgIpc) is 3.35. The van der Waals surface area contributed by atoms with Crippen molar-refractivity contribution in [2.45, 2.75) is 18.9 Å². The van der Waals surface area contributed by atoms with Gasteiger partial charge in [0.1, 0.15) is 5.82 Å². The minimum atomic E-state index is -2.37. The van der Waals surface area contributed by atoms with Crippen molar-refractivity contribution >= 4 is 5.82 Å². The topological polar surface area (TPSA) is 77.8 Å². The van der Waals surface area contributed by atoms with Gasteiger partial charge in [-0.15, -0.1) is 0 Å². The fourth-order valence-corrected chi connectivity index (χ4v) is 3.80. The number of pyridine rings is 3. The van der Waals surface area contributed by atoms with Gasteiger partial charge in [-0.3, -0.25) is 14.6 Å². The van der Waals surface area contributed by atoms with E-state index in [1.807, 2.05) is 47.4 Å². The third kappa shape index (κ3) is 4.18. The monoisotopic (exact) mass is 415 g/mol. The van der Waals surface area contributed by atoms with Crippen LogP contribution >= 0.6 is 0 Å². The van der Waals surface area contributed by atoms with Gasteiger partial charge in [0, 0.05) is 65.8 Å². The van der Waals surface area contributed by atoms with Crippen molar-refractivity contribution in [2.75, 3.05) is 25.5 Å². The maximum Gasteiger partial charge on any atom is 0.127 e. The second kappa shape index (κ2) is 8.65. The van der Waals surface area contributed by atoms with Crippen LogP contribution in [-0.4, -0.2) is 44.9 Å². The largest absolute Gasteiger partial charge is 0.381 e. The smallest absolute Gasteiger partial charge is 0.127 e. The van der Waals surface area contributed by atoms with E-state index >= 15 is 0 Å². The fourth-order valence-electron chi connectivity index (χ4n) is 3.80. The second-order valence-corrected chi connectivity index (χ2v) is 7.48. The van der Waals surface area contributed by atoms with E-state index in [4.69, 9.17) is 8.85 Å². The van der Waals surface area contributed by atoms with Crippen molar-refractivity contribution < 1.29 is 8.85 Å². The van der Waals surface area contributed by atoms with E-state index in [0.29, 0.717) is 17.4 Å². The molecule has 7 nitrogen and oxygen atoms in total. The molecule has 1 fully saturated rings. The number of hydrogen-bond acceptors (Lipinski definition) is 6. The quantitative estimate of drug-likeness (QED) is 0.518. The predicted molar refractivity (Wildman–Crippen MR) is 121 cm³/mol. The number of nitrogens with zero attached hydrogens (tertiary/aromatic N) is 5. The molecule has 0 radical (unpaired) electrons. The summed E-state index contributed by atoms with van der Waals surface area (Å²) in [6.07, 6.45) is 11.0. The number of hydrogen-bond donors (Lipinski definition) is 1. The molecule has 1 aliphatic heterocycles. The minimum Gasteiger partial charge on any atom is -0.381 e. The van der Waals surface area contributed by atoms with Gasteiger partial charge in [0.2, 0.25) is 0 Å². The number of nitrogens with one attached hydrogen (secondary N) is 1. The van der Waals surface area contributed by atoms with Crippen molar-refractivity contribution in [1.82, 2.24) is 24.7 Å². The standard InChI is InChI=1S/C24H24N6O/c1-25-24-12-17(11-23(29-24)22-4-2-3-7-27-22)18-10-19(14-26-13-18)20-15-28-30(16-20)21-5-8-31-9-6-21/h2-4,7,10-16,21H,5-6,8-9H2,1H3,(H,25,29)/i1D3. The summed E-state index contributed by atoms with van der Waals surface area (Å²) in [6, 6.07) is 11.5. The van der Waals surface area contributed by atoms with Gasteiger partial charge >= 0.3 is 0 Å². The molecule has 0 amide bonds. The lowest BCUT2D eigenvalue weighted by atomic mass is 10.0. The van der Waals surface area contributed by atoms with E-state index in [2.05, 4.69) is 25.4 Å². The zero-order valence-electron chi connectivity index (χ0n) is 19.9. The Bertz CT molecular complexity index is 1270. The van der Waals surface area contributed by atoms with Crippen LogP contribution in [-0.2, 0) is 4.74 Å². The van der Waals surface area contributed by atoms with Crippen molar-refractivity contribution in [2.24, 2.45) is 0 Å². The van der Waals surface area contributed by atoms with Gasteiger partial charge in [-0.1, -0.05) is 6.07 Å². The molecule has 4 aromatic heterocycles. The van der Waals surface area contributed by atoms with Gasteiger partial charge in [0.25, 0.3) is 0 Å². The first kappa shape index (κ1) is 16.2. The second-order valence-electron chi connectivity index (χ2n) is 7.48. The molecule has 1 aliphatic rings. The van der Waals surface area contributed by atoms with E-state index in [0.717, 1.165) is 48.3 Å². The SMILES string of the molecule is [2H]C([2H])([2H])Nc1cc(-c2cncc(-c3cnn(C4CCOCC4)c3)c2)cc(-c2ccccn2)n1. The van der Waals surface area contributed by atoms with Crippen molar-refractivity contribution in [3.05, 3.63) is 67.4 Å². The lowest BCUT2D eigenvalue weighted by Crippen LogP contribution is -2.19. The summed E-state index contributed by atoms with van der Waals surface area (Å²) < 4.78 is 30.2. The van der Waals surface area contributed by atoms with Gasteiger partial charge in [-0.25, -0.2) is 4.98 Å². The molecule has 5 rings (SSSR count). The number of anilines is 1. The van der Waals surface area contributed by atoms with Crippen LogP contribution in [0, 0.1) is 0 Å². The van der Waals surface area contributed by atoms with Crippen LogP contribution in [0.3, 0.4) is 0 Å². The fraction of sp³-hybridized carbons (Fsp3) is 0.250. The number of rotatable bonds is 5. The Morgan fingerprint density at radius 3 is 2.68 bits per heavy atom. The van der Waals surface area contributed by atoms with Crippen LogP contribution in [0.4, 0.5) is 5.82 Å². The summed E-state index contributed by atoms with van der Waals surface area (Å²) in [4.78, 5) is 13.3. The summed E-state index contributed by atoms with van der Waals surface area (Å²) in [5.74, 6) is 0.246. The Hall–Kier alpha value is -3.58. The van der Waals surface area contributed by atoms with Gasteiger partial charge in [-0.05, 0) is 48.7 Å². The molecule has 0 saturated carbocycles. The van der Waals surface area contributed by atoms with Gasteiger partial charge in [0.15, 0.2) is 0 Å². The molecule has 0 spiro atoms. The average molecular weight is 416 g/mol. The first-order valence-electron chi connectivity index (χ1n) is 11.7. The first-order valence-corrected chi connectivity index (χ1v) is 10.2. The third-order valence-corrected chi connectivity index (χ3v) is 5.45. The molecule has 0 aliphatic carbocycles. The molecule has 4 aromatic rings. The molecule has 0 aromatic carbocycles. The first-order chi connectivity index (χ1) is 16.4. The molecule has 5 heterocycles. The highest BCUT2D eigenvalue weighted by Crippen LogP contribution is 2.30. The highest BCUT2D eigenvalue weighted by Gasteiger charge is 2.17. The molecule has 0 atom stereocenters. The van der Waals surface area contributed by atoms with E-state index < -0.39 is 6.98 Å². The number of aromatic nitrogens is 5. The highest BCUT2D eigenvalue weighted by atomic mass is 16.5. The van der Waals surface area contributed by atoms with E-state index in [9.17, 15) is 0 Å². The summed E-state index contributed by atoms with van der Waals surface area (Å²) in [7, 11) is 0. The molecule has 0 bridgehead atoms. The van der Waals surface area contributed by atoms with Crippen LogP contribution in [0.1, 0.15) is 23.0 Å². The molecule has 0 unspecified atom stereocenters. The summed E-state index contributed by atoms with van der Waals surface area (Å²) >= 11 is 0. The molecule has 1 saturated heterocycles. The van der Waals surface area contributed by atoms with Crippen molar-refractivity contribution in [3.8, 4) is 33.6 Å². The van der Waals surface area contributed by atoms with E-state index in [-0.39, 0.29) is 5.82 Å². The summed E-state index contributed by atoms with van der Waals surface area (Å²) in [5.41, 5.74) is 4.75. The Morgan fingerprint density at radius 2 is 1.87 bits per heavy atom. The normalized spacial score (nSPS) is 16.3. The molecule has 31 heavy (non-hydrogen) atoms. The Morgan fingerprint density at radius 1 is 1.00 bits per heavy atom. The predicted octanol–water partition coefficient (Wildman–Crippen LogP) is 4.46. The Balaban J connectivity index is 1.50. The molecule has 7 heteroatoms. The van der Waals surface area contributed by atoms with E-state index in [1.165, 1.54) is 0 Å². The summed E-state index contributed by atoms with van der Waals surface area (Å²) in [6.45, 7) is -0.861. The van der Waals surface area contributed by atoms with Gasteiger partial charge in [0.05, 0.1) is 23.6 Å². The maximum absolute atomic E-state index is 7.59. The van der Waals surface area contributed by atoms with Crippen LogP contribution < -0.4 is 5.32 Å². The third-order valence-electron chi connectivity index (χ3n) is 5.45. The maximum atomic E-state index is 7.59. The van der Waals surface area contributed by atoms with Crippen LogP contribution in [0.25, 0.3) is 33.6 Å². The van der Waals surface area contributed by atoms with Crippen LogP contribution in [0.5, 0.6) is 0 Å². The van der Waals surface area contributed by atoms with Gasteiger partial charge in [-0.2, -0.15) is 5.10 Å². The zero-order chi connectivity index (χ0) is 23.5. The Kier molecular flexibility index (Phi) is 4.51. The van der Waals surface area contributed by atoms with Crippen molar-refractivity contribution in [3.63, 3.8) is 0 Å². The molecule has 1 N–H and O–H groups in total. The van der Waals surface area contributed by atoms with Crippen LogP contribution in [0.2, 0.25) is 0 Å². The van der Waals surface area contributed by atoms with Gasteiger partial charge < -0.3 is 10.1 Å². The van der Waals surface area contributed by atoms with E-state index in [1.54, 1.807) is 24.7 Å². The minimum absolute atomic E-state index is 0.246. The molecule has 156 valence electrons. The summed E-state index contributed by atoms with van der Waals surface area (Å²) in [5, 5.41) is 7.07. The highest BCUT2D eigenvalue weighted by molar-refractivity contribution is 5.75. The lowest BCUT2D eigenvalue weighted by Gasteiger charge is -2.22. The zero-order valence-corrected chi connectivity index (χ0v) is 16.9. The van der Waals surface area contributed by atoms with Crippen LogP contribution in [0.15, 0.2) is 67.4 Å². The lowest BCUT2D eigenvalue weighted by molar-refractivity contribution is 0.0662. The number of ether oxygens (including phenoxy) is 1. The Labute approximate surface area is 185 Å².